The average molecular weight is 427 g/mol. The molecule has 30 heavy (non-hydrogen) atoms. The van der Waals surface area contributed by atoms with E-state index in [-0.39, 0.29) is 11.6 Å². The number of hydrogen-bond donors (Lipinski definition) is 1. The van der Waals surface area contributed by atoms with Gasteiger partial charge in [-0.05, 0) is 42.0 Å². The third kappa shape index (κ3) is 5.30. The molecule has 0 spiro atoms. The van der Waals surface area contributed by atoms with E-state index in [0.717, 1.165) is 6.20 Å². The van der Waals surface area contributed by atoms with E-state index in [1.807, 2.05) is 0 Å². The molecular formula is C20H15ClN4O5. The zero-order valence-electron chi connectivity index (χ0n) is 15.6. The highest BCUT2D eigenvalue weighted by Gasteiger charge is 2.10. The van der Waals surface area contributed by atoms with Crippen LogP contribution in [0.2, 0.25) is 5.02 Å². The van der Waals surface area contributed by atoms with Gasteiger partial charge in [-0.1, -0.05) is 17.7 Å². The summed E-state index contributed by atoms with van der Waals surface area (Å²) in [6.07, 6.45) is 2.55. The number of carbonyl (C=O) groups is 1. The minimum Gasteiger partial charge on any atom is -0.493 e. The van der Waals surface area contributed by atoms with Crippen LogP contribution in [0.1, 0.15) is 15.9 Å². The second-order valence-electron chi connectivity index (χ2n) is 5.83. The van der Waals surface area contributed by atoms with E-state index in [1.165, 1.54) is 31.5 Å². The maximum atomic E-state index is 12.1. The van der Waals surface area contributed by atoms with Gasteiger partial charge in [0.15, 0.2) is 11.5 Å². The standard InChI is InChI=1S/C20H15ClN4O5/c1-29-18-9-13(11-23-24-20(26)14-3-2-4-15(21)10-14)5-7-17(18)30-19-8-6-16(12-22-19)25(27)28/h2-12H,1H3,(H,24,26)/b23-11-. The molecule has 0 unspecified atom stereocenters. The molecule has 2 aromatic carbocycles. The van der Waals surface area contributed by atoms with Gasteiger partial charge < -0.3 is 9.47 Å². The summed E-state index contributed by atoms with van der Waals surface area (Å²) in [5.74, 6) is 0.526. The van der Waals surface area contributed by atoms with Crippen molar-refractivity contribution in [1.82, 2.24) is 10.4 Å². The first-order valence-electron chi connectivity index (χ1n) is 8.51. The van der Waals surface area contributed by atoms with Crippen LogP contribution in [0.3, 0.4) is 0 Å². The number of benzene rings is 2. The van der Waals surface area contributed by atoms with Crippen LogP contribution in [-0.4, -0.2) is 29.1 Å². The van der Waals surface area contributed by atoms with Gasteiger partial charge in [-0.2, -0.15) is 5.10 Å². The molecule has 0 aliphatic carbocycles. The lowest BCUT2D eigenvalue weighted by Crippen LogP contribution is -2.17. The van der Waals surface area contributed by atoms with Crippen molar-refractivity contribution in [3.8, 4) is 17.4 Å². The van der Waals surface area contributed by atoms with Gasteiger partial charge in [-0.3, -0.25) is 14.9 Å². The number of amides is 1. The first-order valence-corrected chi connectivity index (χ1v) is 8.89. The van der Waals surface area contributed by atoms with Crippen LogP contribution in [0.15, 0.2) is 65.9 Å². The number of carbonyl (C=O) groups excluding carboxylic acids is 1. The molecule has 1 amide bonds. The van der Waals surface area contributed by atoms with Gasteiger partial charge in [-0.15, -0.1) is 0 Å². The Balaban J connectivity index is 1.68. The van der Waals surface area contributed by atoms with Gasteiger partial charge in [0.1, 0.15) is 6.20 Å². The highest BCUT2D eigenvalue weighted by atomic mass is 35.5. The fourth-order valence-corrected chi connectivity index (χ4v) is 2.55. The Bertz CT molecular complexity index is 1100. The van der Waals surface area contributed by atoms with Crippen LogP contribution in [0.4, 0.5) is 5.69 Å². The molecule has 152 valence electrons. The normalized spacial score (nSPS) is 10.6. The van der Waals surface area contributed by atoms with Crippen LogP contribution < -0.4 is 14.9 Å². The van der Waals surface area contributed by atoms with Crippen molar-refractivity contribution >= 4 is 29.4 Å². The van der Waals surface area contributed by atoms with E-state index in [2.05, 4.69) is 15.5 Å². The molecule has 1 N–H and O–H groups in total. The topological polar surface area (TPSA) is 116 Å². The predicted octanol–water partition coefficient (Wildman–Crippen LogP) is 4.21. The molecular weight excluding hydrogens is 412 g/mol. The number of aromatic nitrogens is 1. The molecule has 1 aromatic heterocycles. The number of halogens is 1. The van der Waals surface area contributed by atoms with E-state index in [4.69, 9.17) is 21.1 Å². The molecule has 0 fully saturated rings. The number of methoxy groups -OCH3 is 1. The Morgan fingerprint density at radius 1 is 1.20 bits per heavy atom. The van der Waals surface area contributed by atoms with Gasteiger partial charge >= 0.3 is 0 Å². The summed E-state index contributed by atoms with van der Waals surface area (Å²) < 4.78 is 10.9. The van der Waals surface area contributed by atoms with Crippen LogP contribution >= 0.6 is 11.6 Å². The molecule has 0 atom stereocenters. The summed E-state index contributed by atoms with van der Waals surface area (Å²) >= 11 is 5.87. The average Bonchev–Trinajstić information content (AvgIpc) is 2.75. The molecule has 3 aromatic rings. The molecule has 0 bridgehead atoms. The molecule has 3 rings (SSSR count). The van der Waals surface area contributed by atoms with Crippen LogP contribution in [-0.2, 0) is 0 Å². The van der Waals surface area contributed by atoms with Crippen LogP contribution in [0.25, 0.3) is 0 Å². The summed E-state index contributed by atoms with van der Waals surface area (Å²) in [4.78, 5) is 26.1. The lowest BCUT2D eigenvalue weighted by molar-refractivity contribution is -0.385. The number of rotatable bonds is 7. The Kier molecular flexibility index (Phi) is 6.56. The molecule has 9 nitrogen and oxygen atoms in total. The second kappa shape index (κ2) is 9.48. The highest BCUT2D eigenvalue weighted by molar-refractivity contribution is 6.30. The Labute approximate surface area is 176 Å². The van der Waals surface area contributed by atoms with Gasteiger partial charge in [-0.25, -0.2) is 10.4 Å². The predicted molar refractivity (Wildman–Crippen MR) is 110 cm³/mol. The van der Waals surface area contributed by atoms with Crippen molar-refractivity contribution in [2.75, 3.05) is 7.11 Å². The molecule has 1 heterocycles. The van der Waals surface area contributed by atoms with E-state index in [1.54, 1.807) is 36.4 Å². The number of hydrogen-bond acceptors (Lipinski definition) is 7. The highest BCUT2D eigenvalue weighted by Crippen LogP contribution is 2.31. The lowest BCUT2D eigenvalue weighted by atomic mass is 10.2. The number of pyridine rings is 1. The summed E-state index contributed by atoms with van der Waals surface area (Å²) in [5.41, 5.74) is 3.30. The molecule has 10 heteroatoms. The largest absolute Gasteiger partial charge is 0.493 e. The Morgan fingerprint density at radius 2 is 2.03 bits per heavy atom. The third-order valence-electron chi connectivity index (χ3n) is 3.80. The van der Waals surface area contributed by atoms with E-state index >= 15 is 0 Å². The number of nitro groups is 1. The van der Waals surface area contributed by atoms with Crippen molar-refractivity contribution in [1.29, 1.82) is 0 Å². The summed E-state index contributed by atoms with van der Waals surface area (Å²) in [7, 11) is 1.47. The smallest absolute Gasteiger partial charge is 0.287 e. The summed E-state index contributed by atoms with van der Waals surface area (Å²) in [5, 5.41) is 15.1. The zero-order chi connectivity index (χ0) is 21.5. The first kappa shape index (κ1) is 20.7. The number of nitrogens with one attached hydrogen (secondary N) is 1. The number of nitrogens with zero attached hydrogens (tertiary/aromatic N) is 3. The van der Waals surface area contributed by atoms with Gasteiger partial charge in [0.05, 0.1) is 18.2 Å². The van der Waals surface area contributed by atoms with Gasteiger partial charge in [0.2, 0.25) is 5.88 Å². The first-order chi connectivity index (χ1) is 14.5. The summed E-state index contributed by atoms with van der Waals surface area (Å²) in [6.45, 7) is 0. The monoisotopic (exact) mass is 426 g/mol. The third-order valence-corrected chi connectivity index (χ3v) is 4.04. The molecule has 0 aliphatic heterocycles. The van der Waals surface area contributed by atoms with E-state index < -0.39 is 10.8 Å². The molecule has 0 saturated carbocycles. The summed E-state index contributed by atoms with van der Waals surface area (Å²) in [6, 6.07) is 14.1. The van der Waals surface area contributed by atoms with Crippen molar-refractivity contribution < 1.29 is 19.2 Å². The lowest BCUT2D eigenvalue weighted by Gasteiger charge is -2.10. The quantitative estimate of drug-likeness (QED) is 0.343. The zero-order valence-corrected chi connectivity index (χ0v) is 16.4. The fourth-order valence-electron chi connectivity index (χ4n) is 2.36. The number of hydrazone groups is 1. The molecule has 0 aliphatic rings. The van der Waals surface area contributed by atoms with Gasteiger partial charge in [0, 0.05) is 22.7 Å². The molecule has 0 radical (unpaired) electrons. The number of ether oxygens (including phenoxy) is 2. The Morgan fingerprint density at radius 3 is 2.70 bits per heavy atom. The van der Waals surface area contributed by atoms with E-state index in [0.29, 0.717) is 27.6 Å². The van der Waals surface area contributed by atoms with Crippen molar-refractivity contribution in [3.63, 3.8) is 0 Å². The maximum absolute atomic E-state index is 12.1. The van der Waals surface area contributed by atoms with E-state index in [9.17, 15) is 14.9 Å². The van der Waals surface area contributed by atoms with Crippen LogP contribution in [0, 0.1) is 10.1 Å². The SMILES string of the molecule is COc1cc(/C=N\NC(=O)c2cccc(Cl)c2)ccc1Oc1ccc([N+](=O)[O-])cn1. The second-order valence-corrected chi connectivity index (χ2v) is 6.27. The van der Waals surface area contributed by atoms with Crippen molar-refractivity contribution in [2.45, 2.75) is 0 Å². The minimum absolute atomic E-state index is 0.138. The minimum atomic E-state index is -0.545. The fraction of sp³-hybridized carbons (Fsp3) is 0.0500. The van der Waals surface area contributed by atoms with Gasteiger partial charge in [0.25, 0.3) is 11.6 Å². The maximum Gasteiger partial charge on any atom is 0.287 e. The molecule has 0 saturated heterocycles. The van der Waals surface area contributed by atoms with Crippen molar-refractivity contribution in [2.24, 2.45) is 5.10 Å². The Hall–Kier alpha value is -3.98. The van der Waals surface area contributed by atoms with Crippen molar-refractivity contribution in [3.05, 3.63) is 87.1 Å². The van der Waals surface area contributed by atoms with Crippen LogP contribution in [0.5, 0.6) is 17.4 Å².